The summed E-state index contributed by atoms with van der Waals surface area (Å²) in [6, 6.07) is 13.2. The van der Waals surface area contributed by atoms with Crippen LogP contribution in [0.3, 0.4) is 0 Å². The molecule has 0 spiro atoms. The number of hydrogen-bond donors (Lipinski definition) is 2. The number of fused-ring (bicyclic) bond motifs is 1. The minimum atomic E-state index is -0.969. The smallest absolute Gasteiger partial charge is 0.341 e. The average Bonchev–Trinajstić information content (AvgIpc) is 3.12. The fourth-order valence-electron chi connectivity index (χ4n) is 4.31. The van der Waals surface area contributed by atoms with Crippen molar-refractivity contribution in [3.8, 4) is 11.5 Å². The number of aryl methyl sites for hydroxylation is 1. The number of halogens is 1. The van der Waals surface area contributed by atoms with Gasteiger partial charge in [0.1, 0.15) is 11.6 Å². The van der Waals surface area contributed by atoms with Gasteiger partial charge in [0.2, 0.25) is 0 Å². The van der Waals surface area contributed by atoms with Crippen LogP contribution in [-0.4, -0.2) is 37.7 Å². The molecule has 1 aliphatic rings. The fraction of sp³-hybridized carbons (Fsp3) is 0.310. The van der Waals surface area contributed by atoms with Crippen LogP contribution in [0.4, 0.5) is 5.00 Å². The Morgan fingerprint density at radius 3 is 2.60 bits per heavy atom. The molecule has 0 fully saturated rings. The minimum Gasteiger partial charge on any atom is -0.493 e. The van der Waals surface area contributed by atoms with Crippen molar-refractivity contribution in [1.82, 2.24) is 5.43 Å². The van der Waals surface area contributed by atoms with E-state index < -0.39 is 17.8 Å². The molecule has 0 atom stereocenters. The van der Waals surface area contributed by atoms with Crippen LogP contribution in [0.2, 0.25) is 0 Å². The number of thiophene rings is 1. The van der Waals surface area contributed by atoms with Crippen molar-refractivity contribution >= 4 is 56.3 Å². The Morgan fingerprint density at radius 1 is 1.07 bits per heavy atom. The second-order valence-corrected chi connectivity index (χ2v) is 10.9. The van der Waals surface area contributed by atoms with Gasteiger partial charge >= 0.3 is 17.8 Å². The molecule has 1 aromatic heterocycles. The number of methoxy groups -OCH3 is 1. The van der Waals surface area contributed by atoms with Gasteiger partial charge < -0.3 is 19.5 Å². The van der Waals surface area contributed by atoms with Gasteiger partial charge in [0.15, 0.2) is 11.5 Å². The number of hydrogen-bond acceptors (Lipinski definition) is 8. The molecule has 9 nitrogen and oxygen atoms in total. The van der Waals surface area contributed by atoms with E-state index in [0.717, 1.165) is 48.1 Å². The van der Waals surface area contributed by atoms with Gasteiger partial charge in [-0.3, -0.25) is 9.59 Å². The summed E-state index contributed by atoms with van der Waals surface area (Å²) >= 11 is 4.82. The minimum absolute atomic E-state index is 0.215. The Bertz CT molecular complexity index is 1410. The fourth-order valence-corrected chi connectivity index (χ4v) is 6.16. The monoisotopic (exact) mass is 627 g/mol. The first-order chi connectivity index (χ1) is 19.4. The van der Waals surface area contributed by atoms with E-state index in [2.05, 4.69) is 31.8 Å². The molecule has 2 aromatic carbocycles. The van der Waals surface area contributed by atoms with Crippen LogP contribution in [0.25, 0.3) is 0 Å². The maximum Gasteiger partial charge on any atom is 0.341 e. The number of esters is 1. The highest BCUT2D eigenvalue weighted by Crippen LogP contribution is 2.38. The SMILES string of the molecule is CCOC(=O)c1c(NC(=O)C(=O)NN=Cc2cc(Br)c(OCc3ccccc3)c(OC)c2)sc2c1CCCCC2. The third-order valence-electron chi connectivity index (χ3n) is 6.19. The number of carbonyl (C=O) groups excluding carboxylic acids is 3. The molecule has 0 saturated carbocycles. The van der Waals surface area contributed by atoms with Crippen LogP contribution in [0.15, 0.2) is 52.0 Å². The summed E-state index contributed by atoms with van der Waals surface area (Å²) in [5, 5.41) is 6.83. The molecule has 0 radical (unpaired) electrons. The molecule has 1 aliphatic carbocycles. The lowest BCUT2D eigenvalue weighted by Crippen LogP contribution is -2.32. The van der Waals surface area contributed by atoms with Crippen LogP contribution in [0.1, 0.15) is 58.1 Å². The summed E-state index contributed by atoms with van der Waals surface area (Å²) in [6.45, 7) is 2.30. The number of amides is 2. The maximum absolute atomic E-state index is 12.7. The van der Waals surface area contributed by atoms with Gasteiger partial charge in [0, 0.05) is 4.88 Å². The van der Waals surface area contributed by atoms with Gasteiger partial charge in [-0.2, -0.15) is 5.10 Å². The number of benzene rings is 2. The van der Waals surface area contributed by atoms with Gasteiger partial charge in [0.25, 0.3) is 0 Å². The molecule has 0 unspecified atom stereocenters. The Kier molecular flexibility index (Phi) is 10.3. The van der Waals surface area contributed by atoms with E-state index in [1.165, 1.54) is 24.7 Å². The lowest BCUT2D eigenvalue weighted by molar-refractivity contribution is -0.136. The standard InChI is InChI=1S/C29H30BrN3O6S/c1-3-38-29(36)24-20-12-8-5-9-13-23(20)40-28(24)32-26(34)27(35)33-31-16-19-14-21(30)25(22(15-19)37-2)39-17-18-10-6-4-7-11-18/h4,6-7,10-11,14-16H,3,5,8-9,12-13,17H2,1-2H3,(H,32,34)(H,33,35). The van der Waals surface area contributed by atoms with E-state index in [1.807, 2.05) is 30.3 Å². The van der Waals surface area contributed by atoms with Crippen molar-refractivity contribution < 1.29 is 28.6 Å². The Balaban J connectivity index is 1.41. The molecule has 0 aliphatic heterocycles. The number of anilines is 1. The molecule has 0 bridgehead atoms. The van der Waals surface area contributed by atoms with Gasteiger partial charge in [-0.25, -0.2) is 10.2 Å². The summed E-state index contributed by atoms with van der Waals surface area (Å²) in [7, 11) is 1.53. The predicted molar refractivity (Wildman–Crippen MR) is 157 cm³/mol. The van der Waals surface area contributed by atoms with Gasteiger partial charge in [0.05, 0.1) is 30.0 Å². The summed E-state index contributed by atoms with van der Waals surface area (Å²) in [6.07, 6.45) is 6.00. The molecule has 3 aromatic rings. The van der Waals surface area contributed by atoms with Crippen molar-refractivity contribution in [2.75, 3.05) is 19.0 Å². The highest BCUT2D eigenvalue weighted by molar-refractivity contribution is 9.10. The average molecular weight is 629 g/mol. The molecule has 210 valence electrons. The van der Waals surface area contributed by atoms with Crippen molar-refractivity contribution in [3.63, 3.8) is 0 Å². The summed E-state index contributed by atoms with van der Waals surface area (Å²) in [5.74, 6) is -1.39. The molecular weight excluding hydrogens is 598 g/mol. The maximum atomic E-state index is 12.7. The van der Waals surface area contributed by atoms with E-state index >= 15 is 0 Å². The van der Waals surface area contributed by atoms with Gasteiger partial charge in [-0.15, -0.1) is 11.3 Å². The molecule has 2 N–H and O–H groups in total. The molecule has 11 heteroatoms. The number of rotatable bonds is 9. The zero-order valence-corrected chi connectivity index (χ0v) is 24.7. The molecule has 0 saturated heterocycles. The highest BCUT2D eigenvalue weighted by atomic mass is 79.9. The molecule has 1 heterocycles. The van der Waals surface area contributed by atoms with E-state index in [9.17, 15) is 14.4 Å². The van der Waals surface area contributed by atoms with E-state index in [-0.39, 0.29) is 6.61 Å². The number of ether oxygens (including phenoxy) is 3. The van der Waals surface area contributed by atoms with Crippen LogP contribution in [0.5, 0.6) is 11.5 Å². The zero-order valence-electron chi connectivity index (χ0n) is 22.3. The van der Waals surface area contributed by atoms with Crippen molar-refractivity contribution in [3.05, 3.63) is 74.1 Å². The third kappa shape index (κ3) is 7.28. The van der Waals surface area contributed by atoms with Crippen molar-refractivity contribution in [2.45, 2.75) is 45.6 Å². The molecule has 40 heavy (non-hydrogen) atoms. The number of nitrogens with zero attached hydrogens (tertiary/aromatic N) is 1. The van der Waals surface area contributed by atoms with Crippen LogP contribution < -0.4 is 20.2 Å². The Hall–Kier alpha value is -3.70. The third-order valence-corrected chi connectivity index (χ3v) is 7.99. The second-order valence-electron chi connectivity index (χ2n) is 8.95. The van der Waals surface area contributed by atoms with Gasteiger partial charge in [-0.1, -0.05) is 36.8 Å². The highest BCUT2D eigenvalue weighted by Gasteiger charge is 2.28. The van der Waals surface area contributed by atoms with Crippen LogP contribution in [0, 0.1) is 0 Å². The van der Waals surface area contributed by atoms with Crippen molar-refractivity contribution in [1.29, 1.82) is 0 Å². The molecular formula is C29H30BrN3O6S. The lowest BCUT2D eigenvalue weighted by atomic mass is 10.1. The predicted octanol–water partition coefficient (Wildman–Crippen LogP) is 5.63. The molecule has 4 rings (SSSR count). The topological polar surface area (TPSA) is 115 Å². The summed E-state index contributed by atoms with van der Waals surface area (Å²) in [4.78, 5) is 38.9. The molecule has 2 amide bonds. The number of hydrazone groups is 1. The summed E-state index contributed by atoms with van der Waals surface area (Å²) in [5.41, 5.74) is 5.10. The van der Waals surface area contributed by atoms with Crippen molar-refractivity contribution in [2.24, 2.45) is 5.10 Å². The number of nitrogens with one attached hydrogen (secondary N) is 2. The number of carbonyl (C=O) groups is 3. The largest absolute Gasteiger partial charge is 0.493 e. The first-order valence-corrected chi connectivity index (χ1v) is 14.5. The first kappa shape index (κ1) is 29.3. The first-order valence-electron chi connectivity index (χ1n) is 12.9. The second kappa shape index (κ2) is 14.1. The van der Waals surface area contributed by atoms with Crippen LogP contribution >= 0.6 is 27.3 Å². The zero-order chi connectivity index (χ0) is 28.5. The van der Waals surface area contributed by atoms with E-state index in [0.29, 0.717) is 38.7 Å². The normalized spacial score (nSPS) is 12.8. The van der Waals surface area contributed by atoms with Crippen LogP contribution in [-0.2, 0) is 33.8 Å². The van der Waals surface area contributed by atoms with Gasteiger partial charge in [-0.05, 0) is 77.4 Å². The Labute approximate surface area is 245 Å². The quantitative estimate of drug-likeness (QED) is 0.104. The van der Waals surface area contributed by atoms with E-state index in [4.69, 9.17) is 14.2 Å². The summed E-state index contributed by atoms with van der Waals surface area (Å²) < 4.78 is 17.3. The van der Waals surface area contributed by atoms with E-state index in [1.54, 1.807) is 19.1 Å². The lowest BCUT2D eigenvalue weighted by Gasteiger charge is -2.13. The Morgan fingerprint density at radius 2 is 1.85 bits per heavy atom.